The standard InChI is InChI=1S/C9H8ClN3OS/c1-14-8-6(12-5-13-9(8)10)4-7-11-2-3-15-7/h2-3,5H,4H2,1H3. The molecule has 0 aliphatic carbocycles. The lowest BCUT2D eigenvalue weighted by Crippen LogP contribution is -1.99. The molecule has 0 bridgehead atoms. The van der Waals surface area contributed by atoms with Crippen molar-refractivity contribution in [1.29, 1.82) is 0 Å². The molecule has 0 unspecified atom stereocenters. The summed E-state index contributed by atoms with van der Waals surface area (Å²) in [4.78, 5) is 12.2. The van der Waals surface area contributed by atoms with E-state index in [0.717, 1.165) is 10.7 Å². The van der Waals surface area contributed by atoms with E-state index in [1.54, 1.807) is 24.6 Å². The molecular formula is C9H8ClN3OS. The van der Waals surface area contributed by atoms with Gasteiger partial charge in [0.1, 0.15) is 6.33 Å². The second-order valence-electron chi connectivity index (χ2n) is 2.75. The Morgan fingerprint density at radius 1 is 1.40 bits per heavy atom. The minimum atomic E-state index is 0.332. The molecule has 2 aromatic rings. The highest BCUT2D eigenvalue weighted by Crippen LogP contribution is 2.26. The van der Waals surface area contributed by atoms with Crippen LogP contribution in [0.2, 0.25) is 5.15 Å². The Morgan fingerprint density at radius 2 is 2.27 bits per heavy atom. The van der Waals surface area contributed by atoms with Crippen molar-refractivity contribution in [2.45, 2.75) is 6.42 Å². The fraction of sp³-hybridized carbons (Fsp3) is 0.222. The smallest absolute Gasteiger partial charge is 0.178 e. The molecule has 2 rings (SSSR count). The highest BCUT2D eigenvalue weighted by atomic mass is 35.5. The van der Waals surface area contributed by atoms with Crippen LogP contribution in [0.1, 0.15) is 10.7 Å². The monoisotopic (exact) mass is 241 g/mol. The maximum absolute atomic E-state index is 5.88. The molecule has 78 valence electrons. The summed E-state index contributed by atoms with van der Waals surface area (Å²) < 4.78 is 5.14. The van der Waals surface area contributed by atoms with Crippen molar-refractivity contribution in [2.24, 2.45) is 0 Å². The lowest BCUT2D eigenvalue weighted by molar-refractivity contribution is 0.405. The van der Waals surface area contributed by atoms with Gasteiger partial charge < -0.3 is 4.74 Å². The molecule has 0 fully saturated rings. The Labute approximate surface area is 95.9 Å². The van der Waals surface area contributed by atoms with E-state index in [1.807, 2.05) is 5.38 Å². The lowest BCUT2D eigenvalue weighted by atomic mass is 10.3. The summed E-state index contributed by atoms with van der Waals surface area (Å²) in [6, 6.07) is 0. The minimum Gasteiger partial charge on any atom is -0.492 e. The zero-order valence-corrected chi connectivity index (χ0v) is 9.55. The van der Waals surface area contributed by atoms with E-state index in [0.29, 0.717) is 17.3 Å². The Bertz CT molecular complexity index is 447. The first-order valence-corrected chi connectivity index (χ1v) is 5.48. The number of hydrogen-bond acceptors (Lipinski definition) is 5. The maximum Gasteiger partial charge on any atom is 0.178 e. The summed E-state index contributed by atoms with van der Waals surface area (Å²) in [5, 5.41) is 3.23. The van der Waals surface area contributed by atoms with Gasteiger partial charge in [0.2, 0.25) is 0 Å². The largest absolute Gasteiger partial charge is 0.492 e. The first-order chi connectivity index (χ1) is 7.31. The second kappa shape index (κ2) is 4.55. The fourth-order valence-corrected chi connectivity index (χ4v) is 2.05. The third kappa shape index (κ3) is 2.24. The van der Waals surface area contributed by atoms with Gasteiger partial charge in [-0.3, -0.25) is 0 Å². The molecule has 0 spiro atoms. The van der Waals surface area contributed by atoms with Gasteiger partial charge in [0.05, 0.1) is 17.8 Å². The molecule has 0 aromatic carbocycles. The number of rotatable bonds is 3. The molecule has 0 amide bonds. The second-order valence-corrected chi connectivity index (χ2v) is 4.08. The molecule has 0 N–H and O–H groups in total. The van der Waals surface area contributed by atoms with Crippen LogP contribution in [0, 0.1) is 0 Å². The number of hydrogen-bond donors (Lipinski definition) is 0. The van der Waals surface area contributed by atoms with Gasteiger partial charge in [-0.25, -0.2) is 15.0 Å². The molecule has 0 saturated heterocycles. The number of methoxy groups -OCH3 is 1. The van der Waals surface area contributed by atoms with Crippen molar-refractivity contribution in [1.82, 2.24) is 15.0 Å². The van der Waals surface area contributed by atoms with E-state index in [-0.39, 0.29) is 0 Å². The van der Waals surface area contributed by atoms with Crippen LogP contribution in [-0.2, 0) is 6.42 Å². The minimum absolute atomic E-state index is 0.332. The highest BCUT2D eigenvalue weighted by molar-refractivity contribution is 7.09. The molecular weight excluding hydrogens is 234 g/mol. The van der Waals surface area contributed by atoms with E-state index in [4.69, 9.17) is 16.3 Å². The molecule has 0 aliphatic rings. The predicted molar refractivity (Wildman–Crippen MR) is 58.5 cm³/mol. The van der Waals surface area contributed by atoms with Crippen molar-refractivity contribution < 1.29 is 4.74 Å². The zero-order chi connectivity index (χ0) is 10.7. The van der Waals surface area contributed by atoms with Crippen LogP contribution in [0.5, 0.6) is 5.75 Å². The van der Waals surface area contributed by atoms with Crippen LogP contribution in [0.3, 0.4) is 0 Å². The summed E-state index contributed by atoms with van der Waals surface area (Å²) in [5.74, 6) is 0.523. The third-order valence-corrected chi connectivity index (χ3v) is 2.89. The zero-order valence-electron chi connectivity index (χ0n) is 7.98. The molecule has 4 nitrogen and oxygen atoms in total. The van der Waals surface area contributed by atoms with Crippen LogP contribution < -0.4 is 4.74 Å². The number of ether oxygens (including phenoxy) is 1. The number of halogens is 1. The van der Waals surface area contributed by atoms with Crippen molar-refractivity contribution in [3.8, 4) is 5.75 Å². The number of thiazole rings is 1. The van der Waals surface area contributed by atoms with Crippen molar-refractivity contribution in [3.63, 3.8) is 0 Å². The van der Waals surface area contributed by atoms with E-state index < -0.39 is 0 Å². The summed E-state index contributed by atoms with van der Waals surface area (Å²) in [5.41, 5.74) is 0.757. The Hall–Kier alpha value is -1.20. The molecule has 2 heterocycles. The third-order valence-electron chi connectivity index (χ3n) is 1.84. The van der Waals surface area contributed by atoms with Crippen LogP contribution in [-0.4, -0.2) is 22.1 Å². The van der Waals surface area contributed by atoms with Gasteiger partial charge in [-0.2, -0.15) is 0 Å². The van der Waals surface area contributed by atoms with E-state index in [1.165, 1.54) is 6.33 Å². The van der Waals surface area contributed by atoms with Crippen LogP contribution in [0.15, 0.2) is 17.9 Å². The normalized spacial score (nSPS) is 10.3. The van der Waals surface area contributed by atoms with Crippen molar-refractivity contribution in [2.75, 3.05) is 7.11 Å². The van der Waals surface area contributed by atoms with Gasteiger partial charge in [-0.05, 0) is 0 Å². The Kier molecular flexibility index (Phi) is 3.13. The van der Waals surface area contributed by atoms with E-state index in [9.17, 15) is 0 Å². The average molecular weight is 242 g/mol. The molecule has 0 radical (unpaired) electrons. The van der Waals surface area contributed by atoms with Gasteiger partial charge >= 0.3 is 0 Å². The topological polar surface area (TPSA) is 47.9 Å². The Balaban J connectivity index is 2.32. The fourth-order valence-electron chi connectivity index (χ4n) is 1.20. The van der Waals surface area contributed by atoms with Crippen molar-refractivity contribution in [3.05, 3.63) is 33.8 Å². The van der Waals surface area contributed by atoms with E-state index in [2.05, 4.69) is 15.0 Å². The quantitative estimate of drug-likeness (QED) is 0.773. The average Bonchev–Trinajstić information content (AvgIpc) is 2.71. The summed E-state index contributed by atoms with van der Waals surface area (Å²) in [6.07, 6.45) is 3.80. The van der Waals surface area contributed by atoms with Gasteiger partial charge in [0.25, 0.3) is 0 Å². The van der Waals surface area contributed by atoms with Gasteiger partial charge in [-0.15, -0.1) is 11.3 Å². The highest BCUT2D eigenvalue weighted by Gasteiger charge is 2.11. The maximum atomic E-state index is 5.88. The predicted octanol–water partition coefficient (Wildman–Crippen LogP) is 2.19. The summed E-state index contributed by atoms with van der Waals surface area (Å²) in [7, 11) is 1.55. The van der Waals surface area contributed by atoms with Gasteiger partial charge in [-0.1, -0.05) is 11.6 Å². The van der Waals surface area contributed by atoms with Crippen LogP contribution in [0.4, 0.5) is 0 Å². The molecule has 0 aliphatic heterocycles. The summed E-state index contributed by atoms with van der Waals surface area (Å²) >= 11 is 7.45. The first-order valence-electron chi connectivity index (χ1n) is 4.23. The lowest BCUT2D eigenvalue weighted by Gasteiger charge is -2.06. The molecule has 0 saturated carbocycles. The Morgan fingerprint density at radius 3 is 2.93 bits per heavy atom. The van der Waals surface area contributed by atoms with E-state index >= 15 is 0 Å². The SMILES string of the molecule is COc1c(Cl)ncnc1Cc1nccs1. The first kappa shape index (κ1) is 10.3. The molecule has 2 aromatic heterocycles. The summed E-state index contributed by atoms with van der Waals surface area (Å²) in [6.45, 7) is 0. The molecule has 15 heavy (non-hydrogen) atoms. The number of aromatic nitrogens is 3. The molecule has 6 heteroatoms. The van der Waals surface area contributed by atoms with Gasteiger partial charge in [0.15, 0.2) is 10.9 Å². The van der Waals surface area contributed by atoms with Crippen LogP contribution >= 0.6 is 22.9 Å². The van der Waals surface area contributed by atoms with Gasteiger partial charge in [0, 0.05) is 18.0 Å². The molecule has 0 atom stereocenters. The van der Waals surface area contributed by atoms with Crippen LogP contribution in [0.25, 0.3) is 0 Å². The number of nitrogens with zero attached hydrogens (tertiary/aromatic N) is 3. The van der Waals surface area contributed by atoms with Crippen molar-refractivity contribution >= 4 is 22.9 Å².